The normalized spacial score (nSPS) is 13.1. The maximum absolute atomic E-state index is 12.4. The second kappa shape index (κ2) is 48.5. The number of amides is 1. The zero-order chi connectivity index (χ0) is 43.0. The second-order valence-corrected chi connectivity index (χ2v) is 17.1. The number of carbonyl (C=O) groups excluding carboxylic acids is 2. The van der Waals surface area contributed by atoms with Crippen molar-refractivity contribution in [3.8, 4) is 0 Å². The number of hydrogen-bond donors (Lipinski definition) is 3. The first-order chi connectivity index (χ1) is 29.0. The summed E-state index contributed by atoms with van der Waals surface area (Å²) < 4.78 is 5.44. The van der Waals surface area contributed by atoms with Crippen LogP contribution < -0.4 is 5.32 Å². The minimum atomic E-state index is -0.862. The van der Waals surface area contributed by atoms with E-state index in [2.05, 4.69) is 55.6 Å². The van der Waals surface area contributed by atoms with E-state index in [1.807, 2.05) is 6.08 Å². The van der Waals surface area contributed by atoms with Crippen LogP contribution in [0.25, 0.3) is 0 Å². The van der Waals surface area contributed by atoms with Crippen LogP contribution in [0.4, 0.5) is 0 Å². The van der Waals surface area contributed by atoms with Crippen LogP contribution in [0.5, 0.6) is 0 Å². The molecule has 0 spiro atoms. The fourth-order valence-electron chi connectivity index (χ4n) is 7.36. The lowest BCUT2D eigenvalue weighted by Gasteiger charge is -2.20. The zero-order valence-corrected chi connectivity index (χ0v) is 39.0. The van der Waals surface area contributed by atoms with E-state index in [0.29, 0.717) is 19.4 Å². The number of aliphatic hydroxyl groups excluding tert-OH is 2. The summed E-state index contributed by atoms with van der Waals surface area (Å²) in [5.41, 5.74) is 0. The van der Waals surface area contributed by atoms with Crippen molar-refractivity contribution in [1.29, 1.82) is 0 Å². The van der Waals surface area contributed by atoms with Gasteiger partial charge in [0.1, 0.15) is 0 Å². The summed E-state index contributed by atoms with van der Waals surface area (Å²) in [5.74, 6) is -0.138. The van der Waals surface area contributed by atoms with E-state index in [9.17, 15) is 19.8 Å². The Hall–Kier alpha value is -2.18. The Labute approximate surface area is 366 Å². The van der Waals surface area contributed by atoms with Crippen molar-refractivity contribution in [3.05, 3.63) is 48.6 Å². The van der Waals surface area contributed by atoms with Gasteiger partial charge in [-0.15, -0.1) is 0 Å². The van der Waals surface area contributed by atoms with Crippen LogP contribution in [0.3, 0.4) is 0 Å². The molecule has 0 aliphatic carbocycles. The Kier molecular flexibility index (Phi) is 46.7. The molecule has 3 N–H and O–H groups in total. The van der Waals surface area contributed by atoms with Crippen molar-refractivity contribution in [2.75, 3.05) is 13.2 Å². The first-order valence-corrected chi connectivity index (χ1v) is 25.4. The lowest BCUT2D eigenvalue weighted by molar-refractivity contribution is -0.143. The average Bonchev–Trinajstić information content (AvgIpc) is 3.24. The molecule has 2 atom stereocenters. The van der Waals surface area contributed by atoms with Gasteiger partial charge in [-0.05, 0) is 89.9 Å². The van der Waals surface area contributed by atoms with Crippen LogP contribution in [0, 0.1) is 0 Å². The van der Waals surface area contributed by atoms with E-state index in [4.69, 9.17) is 4.74 Å². The highest BCUT2D eigenvalue weighted by atomic mass is 16.5. The van der Waals surface area contributed by atoms with Gasteiger partial charge >= 0.3 is 5.97 Å². The average molecular weight is 828 g/mol. The third kappa shape index (κ3) is 45.2. The predicted molar refractivity (Wildman–Crippen MR) is 255 cm³/mol. The maximum Gasteiger partial charge on any atom is 0.305 e. The SMILES string of the molecule is CCCCC/C=C\C/C=C\CCCCCCCCCCCC(=O)OCCCC/C=C\CCCCCCCC(=O)NC(CO)C(O)/C=C/CCCCCCCCCCCC. The Morgan fingerprint density at radius 3 is 1.34 bits per heavy atom. The Morgan fingerprint density at radius 2 is 0.847 bits per heavy atom. The third-order valence-corrected chi connectivity index (χ3v) is 11.3. The van der Waals surface area contributed by atoms with Crippen molar-refractivity contribution < 1.29 is 24.5 Å². The van der Waals surface area contributed by atoms with Crippen molar-refractivity contribution >= 4 is 11.9 Å². The first kappa shape index (κ1) is 56.8. The van der Waals surface area contributed by atoms with E-state index in [0.717, 1.165) is 89.9 Å². The van der Waals surface area contributed by atoms with Gasteiger partial charge in [-0.2, -0.15) is 0 Å². The van der Waals surface area contributed by atoms with Gasteiger partial charge in [0.05, 0.1) is 25.4 Å². The summed E-state index contributed by atoms with van der Waals surface area (Å²) in [6.45, 7) is 4.78. The van der Waals surface area contributed by atoms with Gasteiger partial charge in [-0.25, -0.2) is 0 Å². The summed E-state index contributed by atoms with van der Waals surface area (Å²) in [6, 6.07) is -0.649. The highest BCUT2D eigenvalue weighted by Gasteiger charge is 2.18. The molecule has 0 aliphatic heterocycles. The monoisotopic (exact) mass is 828 g/mol. The molecule has 0 saturated carbocycles. The summed E-state index contributed by atoms with van der Waals surface area (Å²) >= 11 is 0. The number of carbonyl (C=O) groups is 2. The Bertz CT molecular complexity index is 1000. The lowest BCUT2D eigenvalue weighted by atomic mass is 10.1. The van der Waals surface area contributed by atoms with Gasteiger partial charge in [0, 0.05) is 12.8 Å². The molecule has 0 aromatic rings. The Morgan fingerprint density at radius 1 is 0.475 bits per heavy atom. The molecule has 6 nitrogen and oxygen atoms in total. The molecule has 1 amide bonds. The van der Waals surface area contributed by atoms with Crippen LogP contribution in [0.15, 0.2) is 48.6 Å². The quantitative estimate of drug-likeness (QED) is 0.0323. The lowest BCUT2D eigenvalue weighted by Crippen LogP contribution is -2.45. The van der Waals surface area contributed by atoms with E-state index in [1.54, 1.807) is 6.08 Å². The molecule has 0 radical (unpaired) electrons. The molecule has 2 unspecified atom stereocenters. The van der Waals surface area contributed by atoms with Gasteiger partial charge in [0.25, 0.3) is 0 Å². The number of hydrogen-bond acceptors (Lipinski definition) is 5. The van der Waals surface area contributed by atoms with Crippen LogP contribution >= 0.6 is 0 Å². The molecule has 0 saturated heterocycles. The molecule has 0 bridgehead atoms. The molecular weight excluding hydrogens is 731 g/mol. The van der Waals surface area contributed by atoms with Crippen LogP contribution in [-0.4, -0.2) is 47.4 Å². The number of unbranched alkanes of at least 4 members (excludes halogenated alkanes) is 29. The maximum atomic E-state index is 12.4. The fraction of sp³-hybridized carbons (Fsp3) is 0.811. The summed E-state index contributed by atoms with van der Waals surface area (Å²) in [5, 5.41) is 23.0. The predicted octanol–water partition coefficient (Wildman–Crippen LogP) is 15.1. The minimum Gasteiger partial charge on any atom is -0.466 e. The highest BCUT2D eigenvalue weighted by molar-refractivity contribution is 5.76. The molecule has 0 aromatic carbocycles. The van der Waals surface area contributed by atoms with Crippen molar-refractivity contribution in [2.45, 2.75) is 264 Å². The van der Waals surface area contributed by atoms with Crippen LogP contribution in [0.2, 0.25) is 0 Å². The molecule has 0 aliphatic rings. The van der Waals surface area contributed by atoms with Crippen LogP contribution in [0.1, 0.15) is 251 Å². The van der Waals surface area contributed by atoms with Gasteiger partial charge in [0.15, 0.2) is 0 Å². The Balaban J connectivity index is 3.53. The van der Waals surface area contributed by atoms with E-state index in [-0.39, 0.29) is 18.5 Å². The molecule has 0 fully saturated rings. The largest absolute Gasteiger partial charge is 0.466 e. The second-order valence-electron chi connectivity index (χ2n) is 17.1. The number of ether oxygens (including phenoxy) is 1. The molecule has 0 heterocycles. The van der Waals surface area contributed by atoms with E-state index < -0.39 is 12.1 Å². The summed E-state index contributed by atoms with van der Waals surface area (Å²) in [7, 11) is 0. The molecular formula is C53H97NO5. The molecule has 59 heavy (non-hydrogen) atoms. The first-order valence-electron chi connectivity index (χ1n) is 25.4. The van der Waals surface area contributed by atoms with Gasteiger partial charge in [-0.3, -0.25) is 9.59 Å². The third-order valence-electron chi connectivity index (χ3n) is 11.3. The minimum absolute atomic E-state index is 0.0379. The summed E-state index contributed by atoms with van der Waals surface area (Å²) in [4.78, 5) is 24.4. The molecule has 6 heteroatoms. The van der Waals surface area contributed by atoms with Crippen LogP contribution in [-0.2, 0) is 14.3 Å². The van der Waals surface area contributed by atoms with Crippen molar-refractivity contribution in [2.24, 2.45) is 0 Å². The van der Waals surface area contributed by atoms with Crippen molar-refractivity contribution in [3.63, 3.8) is 0 Å². The van der Waals surface area contributed by atoms with E-state index >= 15 is 0 Å². The smallest absolute Gasteiger partial charge is 0.305 e. The summed E-state index contributed by atoms with van der Waals surface area (Å²) in [6.07, 6.45) is 59.7. The number of aliphatic hydroxyl groups is 2. The number of esters is 1. The molecule has 0 aromatic heterocycles. The highest BCUT2D eigenvalue weighted by Crippen LogP contribution is 2.14. The zero-order valence-electron chi connectivity index (χ0n) is 39.0. The van der Waals surface area contributed by atoms with Crippen molar-refractivity contribution in [1.82, 2.24) is 5.32 Å². The number of rotatable bonds is 46. The molecule has 0 rings (SSSR count). The van der Waals surface area contributed by atoms with Gasteiger partial charge in [0.2, 0.25) is 5.91 Å². The standard InChI is InChI=1S/C53H97NO5/c1-3-5-7-9-11-13-15-17-18-19-20-21-22-23-27-31-35-39-43-47-53(58)59-48-44-40-36-32-28-24-26-30-34-38-42-46-52(57)54-50(49-55)51(56)45-41-37-33-29-25-16-14-12-10-8-6-4-2/h11,13,17-18,28,32,41,45,50-51,55-56H,3-10,12,14-16,19-27,29-31,33-40,42-44,46-49H2,1-2H3,(H,54,57)/b13-11-,18-17-,32-28-,45-41+. The van der Waals surface area contributed by atoms with Gasteiger partial charge in [-0.1, -0.05) is 197 Å². The topological polar surface area (TPSA) is 95.9 Å². The fourth-order valence-corrected chi connectivity index (χ4v) is 7.36. The number of nitrogens with one attached hydrogen (secondary N) is 1. The molecule has 344 valence electrons. The number of allylic oxidation sites excluding steroid dienone is 7. The van der Waals surface area contributed by atoms with Gasteiger partial charge < -0.3 is 20.3 Å². The van der Waals surface area contributed by atoms with E-state index in [1.165, 1.54) is 135 Å².